The van der Waals surface area contributed by atoms with E-state index in [2.05, 4.69) is 37.2 Å². The van der Waals surface area contributed by atoms with Gasteiger partial charge in [0.15, 0.2) is 6.10 Å². The average molecular weight is 405 g/mol. The Morgan fingerprint density at radius 3 is 2.50 bits per heavy atom. The van der Waals surface area contributed by atoms with Crippen molar-refractivity contribution < 1.29 is 14.3 Å². The predicted molar refractivity (Wildman–Crippen MR) is 81.7 cm³/mol. The number of halogens is 2. The fourth-order valence-electron chi connectivity index (χ4n) is 2.10. The minimum absolute atomic E-state index is 0.289. The van der Waals surface area contributed by atoms with E-state index in [0.29, 0.717) is 24.8 Å². The summed E-state index contributed by atoms with van der Waals surface area (Å²) in [7, 11) is 0. The van der Waals surface area contributed by atoms with E-state index in [9.17, 15) is 4.79 Å². The fraction of sp³-hybridized carbons (Fsp3) is 0.500. The SMILES string of the molecule is O=C1OCCC1Oc1c(Br)cc(CNC2CC2)cc1Br. The van der Waals surface area contributed by atoms with Gasteiger partial charge < -0.3 is 14.8 Å². The van der Waals surface area contributed by atoms with Crippen LogP contribution in [0.2, 0.25) is 0 Å². The van der Waals surface area contributed by atoms with E-state index in [0.717, 1.165) is 15.5 Å². The van der Waals surface area contributed by atoms with Gasteiger partial charge in [-0.25, -0.2) is 4.79 Å². The molecule has 1 aliphatic heterocycles. The molecule has 4 nitrogen and oxygen atoms in total. The van der Waals surface area contributed by atoms with E-state index in [4.69, 9.17) is 9.47 Å². The maximum Gasteiger partial charge on any atom is 0.347 e. The Morgan fingerprint density at radius 2 is 1.95 bits per heavy atom. The second-order valence-corrected chi connectivity index (χ2v) is 6.82. The monoisotopic (exact) mass is 403 g/mol. The lowest BCUT2D eigenvalue weighted by Crippen LogP contribution is -2.22. The smallest absolute Gasteiger partial charge is 0.347 e. The molecule has 1 unspecified atom stereocenters. The van der Waals surface area contributed by atoms with Crippen LogP contribution in [0.1, 0.15) is 24.8 Å². The van der Waals surface area contributed by atoms with Crippen LogP contribution >= 0.6 is 31.9 Å². The number of cyclic esters (lactones) is 1. The standard InChI is InChI=1S/C14H15Br2NO3/c15-10-5-8(7-17-9-1-2-9)6-11(16)13(10)20-12-3-4-19-14(12)18/h5-6,9,12,17H,1-4,7H2. The van der Waals surface area contributed by atoms with Gasteiger partial charge in [-0.2, -0.15) is 0 Å². The summed E-state index contributed by atoms with van der Waals surface area (Å²) in [5.41, 5.74) is 1.18. The number of ether oxygens (including phenoxy) is 2. The van der Waals surface area contributed by atoms with Crippen LogP contribution in [-0.2, 0) is 16.1 Å². The fourth-order valence-corrected chi connectivity index (χ4v) is 3.57. The third kappa shape index (κ3) is 3.35. The Hall–Kier alpha value is -0.590. The minimum Gasteiger partial charge on any atom is -0.476 e. The van der Waals surface area contributed by atoms with Crippen LogP contribution in [0.5, 0.6) is 5.75 Å². The van der Waals surface area contributed by atoms with Crippen molar-refractivity contribution in [2.75, 3.05) is 6.61 Å². The van der Waals surface area contributed by atoms with Gasteiger partial charge in [-0.1, -0.05) is 0 Å². The van der Waals surface area contributed by atoms with Crippen molar-refractivity contribution in [3.05, 3.63) is 26.6 Å². The highest BCUT2D eigenvalue weighted by atomic mass is 79.9. The summed E-state index contributed by atoms with van der Waals surface area (Å²) in [5, 5.41) is 3.47. The molecule has 0 radical (unpaired) electrons. The van der Waals surface area contributed by atoms with Gasteiger partial charge in [-0.05, 0) is 62.4 Å². The molecule has 1 aromatic carbocycles. The van der Waals surface area contributed by atoms with E-state index >= 15 is 0 Å². The molecule has 0 amide bonds. The molecule has 3 rings (SSSR count). The maximum atomic E-state index is 11.5. The summed E-state index contributed by atoms with van der Waals surface area (Å²) in [4.78, 5) is 11.5. The first-order valence-corrected chi connectivity index (χ1v) is 8.26. The third-order valence-corrected chi connectivity index (χ3v) is 4.56. The molecule has 1 atom stereocenters. The first kappa shape index (κ1) is 14.4. The molecule has 1 saturated carbocycles. The van der Waals surface area contributed by atoms with Crippen molar-refractivity contribution in [2.45, 2.75) is 38.0 Å². The predicted octanol–water partition coefficient (Wildman–Crippen LogP) is 3.16. The zero-order valence-corrected chi connectivity index (χ0v) is 14.0. The molecule has 0 spiro atoms. The Bertz CT molecular complexity index is 508. The highest BCUT2D eigenvalue weighted by Crippen LogP contribution is 2.36. The molecule has 1 aliphatic carbocycles. The zero-order valence-electron chi connectivity index (χ0n) is 10.8. The lowest BCUT2D eigenvalue weighted by Gasteiger charge is -2.15. The van der Waals surface area contributed by atoms with Gasteiger partial charge in [0.1, 0.15) is 5.75 Å². The van der Waals surface area contributed by atoms with E-state index in [-0.39, 0.29) is 5.97 Å². The molecule has 1 aromatic rings. The number of hydrogen-bond acceptors (Lipinski definition) is 4. The van der Waals surface area contributed by atoms with Crippen LogP contribution in [-0.4, -0.2) is 24.7 Å². The lowest BCUT2D eigenvalue weighted by atomic mass is 10.2. The lowest BCUT2D eigenvalue weighted by molar-refractivity contribution is -0.143. The Labute approximate surface area is 134 Å². The van der Waals surface area contributed by atoms with Crippen LogP contribution in [0.3, 0.4) is 0 Å². The summed E-state index contributed by atoms with van der Waals surface area (Å²) in [6, 6.07) is 4.72. The number of carbonyl (C=O) groups is 1. The topological polar surface area (TPSA) is 47.6 Å². The molecule has 1 saturated heterocycles. The molecule has 6 heteroatoms. The van der Waals surface area contributed by atoms with Crippen molar-refractivity contribution >= 4 is 37.8 Å². The number of esters is 1. The number of rotatable bonds is 5. The summed E-state index contributed by atoms with van der Waals surface area (Å²) in [6.07, 6.45) is 2.64. The number of nitrogens with one attached hydrogen (secondary N) is 1. The summed E-state index contributed by atoms with van der Waals surface area (Å²) in [6.45, 7) is 1.27. The average Bonchev–Trinajstić information content (AvgIpc) is 3.15. The Morgan fingerprint density at radius 1 is 1.25 bits per heavy atom. The molecule has 108 valence electrons. The molecule has 1 heterocycles. The molecule has 2 aliphatic rings. The molecule has 20 heavy (non-hydrogen) atoms. The highest BCUT2D eigenvalue weighted by Gasteiger charge is 2.29. The van der Waals surface area contributed by atoms with E-state index in [1.54, 1.807) is 0 Å². The first-order valence-electron chi connectivity index (χ1n) is 6.68. The van der Waals surface area contributed by atoms with Crippen molar-refractivity contribution in [1.29, 1.82) is 0 Å². The van der Waals surface area contributed by atoms with Crippen molar-refractivity contribution in [1.82, 2.24) is 5.32 Å². The van der Waals surface area contributed by atoms with Crippen LogP contribution in [0.4, 0.5) is 0 Å². The van der Waals surface area contributed by atoms with Gasteiger partial charge in [-0.15, -0.1) is 0 Å². The quantitative estimate of drug-likeness (QED) is 0.765. The normalized spacial score (nSPS) is 21.9. The van der Waals surface area contributed by atoms with Gasteiger partial charge in [0.25, 0.3) is 0 Å². The molecule has 0 bridgehead atoms. The summed E-state index contributed by atoms with van der Waals surface area (Å²) < 4.78 is 12.4. The van der Waals surface area contributed by atoms with Crippen molar-refractivity contribution in [3.63, 3.8) is 0 Å². The van der Waals surface area contributed by atoms with Crippen molar-refractivity contribution in [3.8, 4) is 5.75 Å². The van der Waals surface area contributed by atoms with Gasteiger partial charge in [0.05, 0.1) is 15.6 Å². The summed E-state index contributed by atoms with van der Waals surface area (Å²) in [5.74, 6) is 0.368. The summed E-state index contributed by atoms with van der Waals surface area (Å²) >= 11 is 7.03. The second kappa shape index (κ2) is 6.03. The number of carbonyl (C=O) groups excluding carboxylic acids is 1. The second-order valence-electron chi connectivity index (χ2n) is 5.11. The third-order valence-electron chi connectivity index (χ3n) is 3.38. The molecule has 0 aromatic heterocycles. The molecular weight excluding hydrogens is 390 g/mol. The van der Waals surface area contributed by atoms with Gasteiger partial charge in [0, 0.05) is 19.0 Å². The van der Waals surface area contributed by atoms with Crippen LogP contribution < -0.4 is 10.1 Å². The zero-order chi connectivity index (χ0) is 14.1. The molecule has 2 fully saturated rings. The highest BCUT2D eigenvalue weighted by molar-refractivity contribution is 9.11. The van der Waals surface area contributed by atoms with Gasteiger partial charge >= 0.3 is 5.97 Å². The number of benzene rings is 1. The van der Waals surface area contributed by atoms with Crippen LogP contribution in [0.15, 0.2) is 21.1 Å². The van der Waals surface area contributed by atoms with Crippen LogP contribution in [0, 0.1) is 0 Å². The van der Waals surface area contributed by atoms with E-state index in [1.807, 2.05) is 12.1 Å². The van der Waals surface area contributed by atoms with Gasteiger partial charge in [-0.3, -0.25) is 0 Å². The largest absolute Gasteiger partial charge is 0.476 e. The Balaban J connectivity index is 1.71. The molecular formula is C14H15Br2NO3. The minimum atomic E-state index is -0.502. The van der Waals surface area contributed by atoms with Crippen molar-refractivity contribution in [2.24, 2.45) is 0 Å². The van der Waals surface area contributed by atoms with E-state index in [1.165, 1.54) is 18.4 Å². The van der Waals surface area contributed by atoms with E-state index < -0.39 is 6.10 Å². The number of hydrogen-bond donors (Lipinski definition) is 1. The van der Waals surface area contributed by atoms with Crippen LogP contribution in [0.25, 0.3) is 0 Å². The first-order chi connectivity index (χ1) is 9.63. The molecule has 1 N–H and O–H groups in total. The van der Waals surface area contributed by atoms with Gasteiger partial charge in [0.2, 0.25) is 0 Å². The Kier molecular flexibility index (Phi) is 4.33. The maximum absolute atomic E-state index is 11.5.